The molecule has 124 valence electrons. The van der Waals surface area contributed by atoms with Crippen LogP contribution in [0.25, 0.3) is 0 Å². The van der Waals surface area contributed by atoms with E-state index in [1.54, 1.807) is 0 Å². The van der Waals surface area contributed by atoms with Crippen molar-refractivity contribution in [2.24, 2.45) is 5.73 Å². The number of amides is 2. The summed E-state index contributed by atoms with van der Waals surface area (Å²) in [5.41, 5.74) is 6.34. The standard InChI is InChI=1S/C16H16N4O4/c17-15(23)12-5-9-3-1-2-4-10(9)8-20(12)14(22)7-11-6-13(21)18-19-16(11)24/h1-4,6,12H,5,7-8H2,(H2,17,23)(H,18,21)(H,19,24)/t12-/m0/s1. The maximum atomic E-state index is 12.6. The van der Waals surface area contributed by atoms with E-state index in [4.69, 9.17) is 5.73 Å². The third-order valence-corrected chi connectivity index (χ3v) is 4.14. The number of benzene rings is 1. The fourth-order valence-corrected chi connectivity index (χ4v) is 2.89. The van der Waals surface area contributed by atoms with Crippen LogP contribution in [0.15, 0.2) is 39.9 Å². The first-order valence-electron chi connectivity index (χ1n) is 7.42. The maximum absolute atomic E-state index is 12.6. The van der Waals surface area contributed by atoms with Crippen molar-refractivity contribution in [1.82, 2.24) is 15.1 Å². The van der Waals surface area contributed by atoms with Crippen LogP contribution in [-0.2, 0) is 29.0 Å². The van der Waals surface area contributed by atoms with Gasteiger partial charge in [0.25, 0.3) is 11.1 Å². The van der Waals surface area contributed by atoms with E-state index in [2.05, 4.69) is 10.2 Å². The number of carbonyl (C=O) groups excluding carboxylic acids is 2. The minimum atomic E-state index is -0.770. The normalized spacial score (nSPS) is 16.5. The molecular formula is C16H16N4O4. The number of aromatic amines is 2. The van der Waals surface area contributed by atoms with Gasteiger partial charge >= 0.3 is 0 Å². The molecule has 4 N–H and O–H groups in total. The van der Waals surface area contributed by atoms with E-state index in [0.29, 0.717) is 6.42 Å². The summed E-state index contributed by atoms with van der Waals surface area (Å²) in [7, 11) is 0. The van der Waals surface area contributed by atoms with E-state index < -0.39 is 29.0 Å². The first kappa shape index (κ1) is 15.7. The third kappa shape index (κ3) is 2.98. The van der Waals surface area contributed by atoms with Crippen LogP contribution in [0.3, 0.4) is 0 Å². The molecule has 1 aromatic carbocycles. The van der Waals surface area contributed by atoms with Crippen LogP contribution in [0.4, 0.5) is 0 Å². The van der Waals surface area contributed by atoms with E-state index >= 15 is 0 Å². The number of carbonyl (C=O) groups is 2. The van der Waals surface area contributed by atoms with Crippen LogP contribution in [0, 0.1) is 0 Å². The molecule has 8 heteroatoms. The number of nitrogens with one attached hydrogen (secondary N) is 2. The van der Waals surface area contributed by atoms with Gasteiger partial charge in [0, 0.05) is 24.6 Å². The molecule has 0 aliphatic carbocycles. The number of hydrogen-bond donors (Lipinski definition) is 3. The summed E-state index contributed by atoms with van der Waals surface area (Å²) in [4.78, 5) is 48.8. The molecule has 0 unspecified atom stereocenters. The van der Waals surface area contributed by atoms with Crippen molar-refractivity contribution in [1.29, 1.82) is 0 Å². The van der Waals surface area contributed by atoms with E-state index in [0.717, 1.165) is 17.2 Å². The van der Waals surface area contributed by atoms with E-state index in [-0.39, 0.29) is 18.5 Å². The molecule has 0 saturated carbocycles. The van der Waals surface area contributed by atoms with Crippen LogP contribution in [0.2, 0.25) is 0 Å². The van der Waals surface area contributed by atoms with Gasteiger partial charge in [-0.1, -0.05) is 24.3 Å². The van der Waals surface area contributed by atoms with Crippen molar-refractivity contribution in [3.8, 4) is 0 Å². The number of hydrogen-bond acceptors (Lipinski definition) is 4. The second-order valence-corrected chi connectivity index (χ2v) is 5.70. The Morgan fingerprint density at radius 3 is 2.58 bits per heavy atom. The lowest BCUT2D eigenvalue weighted by molar-refractivity contribution is -0.140. The molecule has 1 aromatic heterocycles. The average Bonchev–Trinajstić information content (AvgIpc) is 2.56. The van der Waals surface area contributed by atoms with Crippen molar-refractivity contribution in [3.05, 3.63) is 67.7 Å². The minimum Gasteiger partial charge on any atom is -0.368 e. The lowest BCUT2D eigenvalue weighted by Crippen LogP contribution is -2.51. The molecule has 24 heavy (non-hydrogen) atoms. The van der Waals surface area contributed by atoms with Crippen LogP contribution in [0.5, 0.6) is 0 Å². The second-order valence-electron chi connectivity index (χ2n) is 5.70. The van der Waals surface area contributed by atoms with Crippen LogP contribution < -0.4 is 16.9 Å². The van der Waals surface area contributed by atoms with Gasteiger partial charge < -0.3 is 10.6 Å². The fraction of sp³-hybridized carbons (Fsp3) is 0.250. The van der Waals surface area contributed by atoms with Gasteiger partial charge in [0.15, 0.2) is 0 Å². The van der Waals surface area contributed by atoms with Crippen LogP contribution in [0.1, 0.15) is 16.7 Å². The first-order valence-corrected chi connectivity index (χ1v) is 7.42. The van der Waals surface area contributed by atoms with Crippen molar-refractivity contribution in [2.75, 3.05) is 0 Å². The number of aromatic nitrogens is 2. The SMILES string of the molecule is NC(=O)[C@@H]1Cc2ccccc2CN1C(=O)Cc1cc(=O)[nH][nH]c1=O. The minimum absolute atomic E-state index is 0.0471. The summed E-state index contributed by atoms with van der Waals surface area (Å²) in [6.07, 6.45) is 0.0637. The van der Waals surface area contributed by atoms with Crippen molar-refractivity contribution in [2.45, 2.75) is 25.4 Å². The summed E-state index contributed by atoms with van der Waals surface area (Å²) < 4.78 is 0. The highest BCUT2D eigenvalue weighted by molar-refractivity contribution is 5.88. The molecule has 2 aromatic rings. The molecule has 0 saturated heterocycles. The predicted octanol–water partition coefficient (Wildman–Crippen LogP) is -0.956. The molecule has 2 heterocycles. The quantitative estimate of drug-likeness (QED) is 0.670. The molecule has 0 bridgehead atoms. The highest BCUT2D eigenvalue weighted by Crippen LogP contribution is 2.23. The average molecular weight is 328 g/mol. The molecule has 0 fully saturated rings. The van der Waals surface area contributed by atoms with E-state index in [1.165, 1.54) is 4.90 Å². The zero-order valence-corrected chi connectivity index (χ0v) is 12.7. The monoisotopic (exact) mass is 328 g/mol. The highest BCUT2D eigenvalue weighted by atomic mass is 16.2. The van der Waals surface area contributed by atoms with Gasteiger partial charge in [0.2, 0.25) is 11.8 Å². The number of fused-ring (bicyclic) bond motifs is 1. The Labute approximate surface area is 136 Å². The number of rotatable bonds is 3. The van der Waals surface area contributed by atoms with Gasteiger partial charge in [-0.3, -0.25) is 29.4 Å². The molecule has 1 aliphatic heterocycles. The number of H-pyrrole nitrogens is 2. The molecule has 1 aliphatic rings. The van der Waals surface area contributed by atoms with Crippen molar-refractivity contribution >= 4 is 11.8 Å². The Morgan fingerprint density at radius 2 is 1.88 bits per heavy atom. The Morgan fingerprint density at radius 1 is 1.17 bits per heavy atom. The third-order valence-electron chi connectivity index (χ3n) is 4.14. The van der Waals surface area contributed by atoms with E-state index in [1.807, 2.05) is 24.3 Å². The highest BCUT2D eigenvalue weighted by Gasteiger charge is 2.33. The Hall–Kier alpha value is -3.16. The number of nitrogens with two attached hydrogens (primary N) is 1. The Bertz CT molecular complexity index is 915. The van der Waals surface area contributed by atoms with Crippen molar-refractivity contribution < 1.29 is 9.59 Å². The Kier molecular flexibility index (Phi) is 4.03. The number of nitrogens with zero attached hydrogens (tertiary/aromatic N) is 1. The topological polar surface area (TPSA) is 129 Å². The molecule has 0 radical (unpaired) electrons. The molecule has 0 spiro atoms. The predicted molar refractivity (Wildman–Crippen MR) is 85.1 cm³/mol. The first-order chi connectivity index (χ1) is 11.5. The van der Waals surface area contributed by atoms with Crippen LogP contribution >= 0.6 is 0 Å². The van der Waals surface area contributed by atoms with Crippen molar-refractivity contribution in [3.63, 3.8) is 0 Å². The number of primary amides is 1. The molecule has 2 amide bonds. The second kappa shape index (κ2) is 6.15. The lowest BCUT2D eigenvalue weighted by Gasteiger charge is -2.35. The molecule has 3 rings (SSSR count). The van der Waals surface area contributed by atoms with Gasteiger partial charge in [-0.15, -0.1) is 0 Å². The van der Waals surface area contributed by atoms with Gasteiger partial charge in [0.05, 0.1) is 6.42 Å². The molecule has 8 nitrogen and oxygen atoms in total. The van der Waals surface area contributed by atoms with Crippen LogP contribution in [-0.4, -0.2) is 33.0 Å². The zero-order valence-electron chi connectivity index (χ0n) is 12.7. The lowest BCUT2D eigenvalue weighted by atomic mass is 9.93. The largest absolute Gasteiger partial charge is 0.368 e. The summed E-state index contributed by atoms with van der Waals surface area (Å²) >= 11 is 0. The van der Waals surface area contributed by atoms with Gasteiger partial charge in [-0.2, -0.15) is 0 Å². The zero-order chi connectivity index (χ0) is 17.3. The molecular weight excluding hydrogens is 312 g/mol. The summed E-state index contributed by atoms with van der Waals surface area (Å²) in [6.45, 7) is 0.240. The maximum Gasteiger partial charge on any atom is 0.266 e. The van der Waals surface area contributed by atoms with Gasteiger partial charge in [0.1, 0.15) is 6.04 Å². The Balaban J connectivity index is 1.90. The van der Waals surface area contributed by atoms with Gasteiger partial charge in [-0.05, 0) is 11.1 Å². The van der Waals surface area contributed by atoms with Gasteiger partial charge in [-0.25, -0.2) is 0 Å². The fourth-order valence-electron chi connectivity index (χ4n) is 2.89. The van der Waals surface area contributed by atoms with E-state index in [9.17, 15) is 19.2 Å². The molecule has 1 atom stereocenters. The summed E-state index contributed by atoms with van der Waals surface area (Å²) in [5, 5.41) is 4.31. The summed E-state index contributed by atoms with van der Waals surface area (Å²) in [5.74, 6) is -1.03. The summed E-state index contributed by atoms with van der Waals surface area (Å²) in [6, 6.07) is 7.81. The smallest absolute Gasteiger partial charge is 0.266 e.